The highest BCUT2D eigenvalue weighted by atomic mass is 16.5. The molecule has 1 amide bonds. The maximum atomic E-state index is 13.4. The van der Waals surface area contributed by atoms with Crippen molar-refractivity contribution in [1.29, 1.82) is 0 Å². The fourth-order valence-corrected chi connectivity index (χ4v) is 3.44. The summed E-state index contributed by atoms with van der Waals surface area (Å²) in [5.41, 5.74) is 7.05. The van der Waals surface area contributed by atoms with E-state index < -0.39 is 11.2 Å². The van der Waals surface area contributed by atoms with Gasteiger partial charge in [0.1, 0.15) is 11.6 Å². The van der Waals surface area contributed by atoms with Crippen molar-refractivity contribution >= 4 is 17.4 Å². The second-order valence-corrected chi connectivity index (χ2v) is 7.44. The molecule has 164 valence electrons. The van der Waals surface area contributed by atoms with Gasteiger partial charge in [0.2, 0.25) is 5.91 Å². The molecule has 0 atom stereocenters. The standard InChI is InChI=1S/C22H27N5O4/c1-4-5-11-26-20(23)19(21(29)24-22(26)30)27(13-16-9-7-6-8-10-16)18(28)12-17-14(2)25-31-15(17)3/h6-10H,4-5,11-13,23H2,1-3H3,(H,24,29,30). The molecule has 0 fully saturated rings. The van der Waals surface area contributed by atoms with E-state index in [-0.39, 0.29) is 30.4 Å². The number of aromatic amines is 1. The Hall–Kier alpha value is -3.62. The molecular formula is C22H27N5O4. The number of nitrogens with zero attached hydrogens (tertiary/aromatic N) is 3. The fraction of sp³-hybridized carbons (Fsp3) is 0.364. The number of nitrogen functional groups attached to an aromatic ring is 1. The Bertz CT molecular complexity index is 1160. The molecule has 1 aromatic carbocycles. The molecule has 9 heteroatoms. The van der Waals surface area contributed by atoms with Gasteiger partial charge < -0.3 is 10.3 Å². The summed E-state index contributed by atoms with van der Waals surface area (Å²) in [5, 5.41) is 3.90. The van der Waals surface area contributed by atoms with E-state index in [1.807, 2.05) is 37.3 Å². The van der Waals surface area contributed by atoms with E-state index in [1.54, 1.807) is 13.8 Å². The number of nitrogens with two attached hydrogens (primary N) is 1. The van der Waals surface area contributed by atoms with Gasteiger partial charge in [0, 0.05) is 12.1 Å². The third-order valence-electron chi connectivity index (χ3n) is 5.21. The van der Waals surface area contributed by atoms with E-state index in [0.717, 1.165) is 12.0 Å². The lowest BCUT2D eigenvalue weighted by Crippen LogP contribution is -2.41. The Balaban J connectivity index is 2.09. The molecule has 0 unspecified atom stereocenters. The van der Waals surface area contributed by atoms with Crippen molar-refractivity contribution in [2.45, 2.75) is 53.1 Å². The van der Waals surface area contributed by atoms with Crippen LogP contribution in [0.15, 0.2) is 44.4 Å². The number of aromatic nitrogens is 3. The molecule has 0 aliphatic carbocycles. The van der Waals surface area contributed by atoms with Crippen molar-refractivity contribution in [2.75, 3.05) is 10.6 Å². The lowest BCUT2D eigenvalue weighted by Gasteiger charge is -2.25. The molecule has 0 spiro atoms. The normalized spacial score (nSPS) is 10.9. The van der Waals surface area contributed by atoms with Gasteiger partial charge in [-0.3, -0.25) is 24.0 Å². The molecule has 9 nitrogen and oxygen atoms in total. The average Bonchev–Trinajstić information content (AvgIpc) is 3.05. The number of benzene rings is 1. The number of nitrogens with one attached hydrogen (secondary N) is 1. The van der Waals surface area contributed by atoms with Gasteiger partial charge in [-0.2, -0.15) is 0 Å². The van der Waals surface area contributed by atoms with Crippen LogP contribution in [0.1, 0.15) is 42.3 Å². The third kappa shape index (κ3) is 4.76. The summed E-state index contributed by atoms with van der Waals surface area (Å²) < 4.78 is 6.47. The van der Waals surface area contributed by atoms with Crippen molar-refractivity contribution in [3.8, 4) is 0 Å². The van der Waals surface area contributed by atoms with Crippen LogP contribution in [0.2, 0.25) is 0 Å². The molecular weight excluding hydrogens is 398 g/mol. The van der Waals surface area contributed by atoms with Crippen molar-refractivity contribution in [3.05, 3.63) is 73.8 Å². The lowest BCUT2D eigenvalue weighted by atomic mass is 10.1. The van der Waals surface area contributed by atoms with E-state index in [1.165, 1.54) is 9.47 Å². The first-order valence-electron chi connectivity index (χ1n) is 10.2. The van der Waals surface area contributed by atoms with Gasteiger partial charge in [0.05, 0.1) is 18.7 Å². The summed E-state index contributed by atoms with van der Waals surface area (Å²) in [6.07, 6.45) is 1.54. The second-order valence-electron chi connectivity index (χ2n) is 7.44. The molecule has 0 aliphatic rings. The number of unbranched alkanes of at least 4 members (excludes halogenated alkanes) is 1. The Morgan fingerprint density at radius 2 is 1.94 bits per heavy atom. The number of carbonyl (C=O) groups is 1. The number of carbonyl (C=O) groups excluding carboxylic acids is 1. The van der Waals surface area contributed by atoms with Gasteiger partial charge in [0.25, 0.3) is 5.56 Å². The largest absolute Gasteiger partial charge is 0.383 e. The van der Waals surface area contributed by atoms with Crippen LogP contribution in [-0.2, 0) is 24.3 Å². The monoisotopic (exact) mass is 425 g/mol. The van der Waals surface area contributed by atoms with Crippen LogP contribution in [0, 0.1) is 13.8 Å². The minimum absolute atomic E-state index is 0.0129. The first kappa shape index (κ1) is 22.1. The number of hydrogen-bond donors (Lipinski definition) is 2. The van der Waals surface area contributed by atoms with Crippen LogP contribution in [0.4, 0.5) is 11.5 Å². The minimum atomic E-state index is -0.696. The molecule has 0 bridgehead atoms. The Morgan fingerprint density at radius 1 is 1.23 bits per heavy atom. The first-order chi connectivity index (χ1) is 14.8. The van der Waals surface area contributed by atoms with E-state index in [2.05, 4.69) is 10.1 Å². The SMILES string of the molecule is CCCCn1c(N)c(N(Cc2ccccc2)C(=O)Cc2c(C)noc2C)c(=O)[nH]c1=O. The smallest absolute Gasteiger partial charge is 0.330 e. The van der Waals surface area contributed by atoms with Gasteiger partial charge in [-0.05, 0) is 25.8 Å². The molecule has 3 rings (SSSR count). The molecule has 2 heterocycles. The van der Waals surface area contributed by atoms with E-state index >= 15 is 0 Å². The lowest BCUT2D eigenvalue weighted by molar-refractivity contribution is -0.118. The second kappa shape index (κ2) is 9.46. The van der Waals surface area contributed by atoms with Gasteiger partial charge in [-0.25, -0.2) is 4.79 Å². The van der Waals surface area contributed by atoms with E-state index in [4.69, 9.17) is 10.3 Å². The van der Waals surface area contributed by atoms with Crippen LogP contribution in [0.3, 0.4) is 0 Å². The molecule has 0 radical (unpaired) electrons. The number of aryl methyl sites for hydroxylation is 2. The Kier molecular flexibility index (Phi) is 6.74. The summed E-state index contributed by atoms with van der Waals surface area (Å²) in [7, 11) is 0. The Labute approximate surface area is 179 Å². The van der Waals surface area contributed by atoms with E-state index in [9.17, 15) is 14.4 Å². The highest BCUT2D eigenvalue weighted by Crippen LogP contribution is 2.22. The fourth-order valence-electron chi connectivity index (χ4n) is 3.44. The van der Waals surface area contributed by atoms with Crippen LogP contribution in [0.5, 0.6) is 0 Å². The van der Waals surface area contributed by atoms with Crippen molar-refractivity contribution in [1.82, 2.24) is 14.7 Å². The highest BCUT2D eigenvalue weighted by Gasteiger charge is 2.26. The molecule has 0 aliphatic heterocycles. The highest BCUT2D eigenvalue weighted by molar-refractivity contribution is 5.96. The molecule has 0 saturated carbocycles. The van der Waals surface area contributed by atoms with Gasteiger partial charge in [-0.1, -0.05) is 48.8 Å². The van der Waals surface area contributed by atoms with E-state index in [0.29, 0.717) is 30.0 Å². The van der Waals surface area contributed by atoms with Crippen LogP contribution in [0.25, 0.3) is 0 Å². The molecule has 3 N–H and O–H groups in total. The minimum Gasteiger partial charge on any atom is -0.383 e. The number of rotatable bonds is 8. The zero-order valence-corrected chi connectivity index (χ0v) is 18.0. The van der Waals surface area contributed by atoms with Gasteiger partial charge in [-0.15, -0.1) is 0 Å². The van der Waals surface area contributed by atoms with Crippen molar-refractivity contribution in [3.63, 3.8) is 0 Å². The first-order valence-corrected chi connectivity index (χ1v) is 10.2. The summed E-state index contributed by atoms with van der Waals surface area (Å²) in [6.45, 7) is 5.95. The summed E-state index contributed by atoms with van der Waals surface area (Å²) in [6, 6.07) is 9.27. The van der Waals surface area contributed by atoms with Crippen LogP contribution >= 0.6 is 0 Å². The maximum Gasteiger partial charge on any atom is 0.330 e. The molecule has 31 heavy (non-hydrogen) atoms. The predicted molar refractivity (Wildman–Crippen MR) is 118 cm³/mol. The van der Waals surface area contributed by atoms with Crippen LogP contribution < -0.4 is 21.9 Å². The van der Waals surface area contributed by atoms with Crippen LogP contribution in [-0.4, -0.2) is 20.6 Å². The number of anilines is 2. The summed E-state index contributed by atoms with van der Waals surface area (Å²) in [5.74, 6) is 0.168. The maximum absolute atomic E-state index is 13.4. The molecule has 3 aromatic rings. The number of amides is 1. The quantitative estimate of drug-likeness (QED) is 0.570. The summed E-state index contributed by atoms with van der Waals surface area (Å²) in [4.78, 5) is 42.1. The zero-order chi connectivity index (χ0) is 22.5. The number of hydrogen-bond acceptors (Lipinski definition) is 6. The topological polar surface area (TPSA) is 127 Å². The Morgan fingerprint density at radius 3 is 2.55 bits per heavy atom. The van der Waals surface area contributed by atoms with Crippen molar-refractivity contribution in [2.24, 2.45) is 0 Å². The molecule has 0 saturated heterocycles. The molecule has 2 aromatic heterocycles. The van der Waals surface area contributed by atoms with Gasteiger partial charge >= 0.3 is 5.69 Å². The summed E-state index contributed by atoms with van der Waals surface area (Å²) >= 11 is 0. The predicted octanol–water partition coefficient (Wildman–Crippen LogP) is 2.30. The zero-order valence-electron chi connectivity index (χ0n) is 18.0. The third-order valence-corrected chi connectivity index (χ3v) is 5.21. The number of H-pyrrole nitrogens is 1. The average molecular weight is 425 g/mol. The van der Waals surface area contributed by atoms with Gasteiger partial charge in [0.15, 0.2) is 5.69 Å². The van der Waals surface area contributed by atoms with Crippen molar-refractivity contribution < 1.29 is 9.32 Å².